The quantitative estimate of drug-likeness (QED) is 0.111. The van der Waals surface area contributed by atoms with Gasteiger partial charge in [0.25, 0.3) is 5.56 Å². The molecule has 260 valence electrons. The van der Waals surface area contributed by atoms with Crippen molar-refractivity contribution in [3.8, 4) is 0 Å². The number of phosphoric ester groups is 2. The third-order valence-corrected chi connectivity index (χ3v) is 9.97. The van der Waals surface area contributed by atoms with Gasteiger partial charge in [0, 0.05) is 18.9 Å². The zero-order valence-corrected chi connectivity index (χ0v) is 26.2. The maximum Gasteiger partial charge on any atom is 0.472 e. The number of hydrogen-bond donors (Lipinski definition) is 8. The Kier molecular flexibility index (Phi) is 8.65. The Bertz CT molecular complexity index is 1990. The van der Waals surface area contributed by atoms with Gasteiger partial charge in [-0.25, -0.2) is 19.1 Å². The molecule has 0 saturated carbocycles. The number of aromatic amines is 1. The van der Waals surface area contributed by atoms with Crippen molar-refractivity contribution in [3.05, 3.63) is 41.2 Å². The molecule has 0 aromatic carbocycles. The van der Waals surface area contributed by atoms with Gasteiger partial charge in [-0.2, -0.15) is 4.98 Å². The van der Waals surface area contributed by atoms with E-state index in [-0.39, 0.29) is 35.8 Å². The lowest BCUT2D eigenvalue weighted by atomic mass is 10.1. The van der Waals surface area contributed by atoms with E-state index in [9.17, 15) is 39.0 Å². The molecule has 4 aromatic rings. The summed E-state index contributed by atoms with van der Waals surface area (Å²) in [5, 5.41) is 35.0. The molecule has 7 rings (SSSR count). The van der Waals surface area contributed by atoms with E-state index in [0.29, 0.717) is 11.2 Å². The normalized spacial score (nSPS) is 36.0. The number of nitrogens with two attached hydrogens (primary N) is 1. The molecule has 0 radical (unpaired) electrons. The number of hydrogen-bond acceptors (Lipinski definition) is 17. The molecule has 24 heteroatoms. The number of rotatable bonds is 5. The highest BCUT2D eigenvalue weighted by atomic mass is 31.2. The second kappa shape index (κ2) is 12.5. The van der Waals surface area contributed by atoms with Crippen LogP contribution in [0.4, 0.5) is 11.8 Å². The van der Waals surface area contributed by atoms with Gasteiger partial charge in [0.15, 0.2) is 18.1 Å². The predicted octanol–water partition coefficient (Wildman–Crippen LogP) is -1.31. The fraction of sp³-hybridized carbons (Fsp3) is 0.500. The van der Waals surface area contributed by atoms with Gasteiger partial charge < -0.3 is 54.8 Å². The lowest BCUT2D eigenvalue weighted by molar-refractivity contribution is -0.0670. The third-order valence-electron chi connectivity index (χ3n) is 8.00. The number of anilines is 2. The Morgan fingerprint density at radius 3 is 2.29 bits per heavy atom. The summed E-state index contributed by atoms with van der Waals surface area (Å²) in [5.41, 5.74) is 5.36. The van der Waals surface area contributed by atoms with Crippen molar-refractivity contribution < 1.29 is 61.8 Å². The Balaban J connectivity index is 1.19. The first-order valence-corrected chi connectivity index (χ1v) is 17.4. The number of nitrogens with zero attached hydrogens (tertiary/aromatic N) is 5. The SMILES string of the molecule is Nc1nc2c(ccn2[C@@H]2O[C@@H]3COP(=O)(O)OC4C(O)[C@H](n5ccc6c(NCCO)ncnc65)O[C@@H]4COP(=O)(O)OC2C3O)c(=O)[nH]1. The summed E-state index contributed by atoms with van der Waals surface area (Å²) in [6, 6.07) is 2.98. The van der Waals surface area contributed by atoms with E-state index in [0.717, 1.165) is 0 Å². The van der Waals surface area contributed by atoms with Crippen molar-refractivity contribution in [1.82, 2.24) is 29.1 Å². The van der Waals surface area contributed by atoms with Crippen LogP contribution >= 0.6 is 15.6 Å². The van der Waals surface area contributed by atoms with Crippen molar-refractivity contribution in [3.63, 3.8) is 0 Å². The van der Waals surface area contributed by atoms with E-state index < -0.39 is 83.5 Å². The standard InChI is InChI=1S/C24H30N8O14P2/c25-24-29-20-11(21(36)30-24)2-5-32(20)23-17-14(34)12(43-23)7-41-47(37,38)45-16-13(8-42-48(39,40)46-17)44-22(15(16)35)31-4-1-10-18(26-3-6-33)27-9-28-19(10)31/h1-2,4-5,9,12-17,22-23,33-35H,3,6-8H2,(H,37,38)(H,39,40)(H,26,27,28)(H3,25,29,30,36)/t12-,13-,14?,15?,16?,17?,22-,23-/m1/s1. The molecule has 0 amide bonds. The second-order valence-corrected chi connectivity index (χ2v) is 13.8. The summed E-state index contributed by atoms with van der Waals surface area (Å²) < 4.78 is 61.9. The molecule has 2 bridgehead atoms. The Morgan fingerprint density at radius 1 is 0.917 bits per heavy atom. The molecule has 3 saturated heterocycles. The van der Waals surface area contributed by atoms with Gasteiger partial charge in [-0.1, -0.05) is 0 Å². The first-order valence-electron chi connectivity index (χ1n) is 14.4. The first-order chi connectivity index (χ1) is 22.9. The molecule has 22 nitrogen and oxygen atoms in total. The number of aliphatic hydroxyl groups is 3. The van der Waals surface area contributed by atoms with E-state index in [1.807, 2.05) is 0 Å². The number of aliphatic hydroxyl groups excluding tert-OH is 3. The minimum Gasteiger partial charge on any atom is -0.395 e. The monoisotopic (exact) mass is 716 g/mol. The van der Waals surface area contributed by atoms with Crippen molar-refractivity contribution in [2.24, 2.45) is 0 Å². The Morgan fingerprint density at radius 2 is 1.56 bits per heavy atom. The summed E-state index contributed by atoms with van der Waals surface area (Å²) >= 11 is 0. The van der Waals surface area contributed by atoms with Crippen LogP contribution in [0.5, 0.6) is 0 Å². The van der Waals surface area contributed by atoms with Gasteiger partial charge in [0.2, 0.25) is 5.95 Å². The molecular weight excluding hydrogens is 686 g/mol. The summed E-state index contributed by atoms with van der Waals surface area (Å²) in [5.74, 6) is 0.135. The van der Waals surface area contributed by atoms with Crippen molar-refractivity contribution in [1.29, 1.82) is 0 Å². The smallest absolute Gasteiger partial charge is 0.395 e. The highest BCUT2D eigenvalue weighted by Gasteiger charge is 2.53. The van der Waals surface area contributed by atoms with Gasteiger partial charge in [-0.05, 0) is 12.1 Å². The minimum atomic E-state index is -5.10. The maximum absolute atomic E-state index is 13.3. The van der Waals surface area contributed by atoms with E-state index in [2.05, 4.69) is 25.3 Å². The van der Waals surface area contributed by atoms with Crippen LogP contribution in [0.15, 0.2) is 35.6 Å². The molecule has 6 unspecified atom stereocenters. The molecule has 3 fully saturated rings. The fourth-order valence-electron chi connectivity index (χ4n) is 5.87. The zero-order valence-electron chi connectivity index (χ0n) is 24.5. The number of H-pyrrole nitrogens is 1. The lowest BCUT2D eigenvalue weighted by Gasteiger charge is -2.26. The number of nitrogen functional groups attached to an aromatic ring is 1. The minimum absolute atomic E-state index is 0.0177. The Hall–Kier alpha value is -3.34. The number of fused-ring (bicyclic) bond motifs is 5. The van der Waals surface area contributed by atoms with Crippen LogP contribution in [0, 0.1) is 0 Å². The van der Waals surface area contributed by atoms with Gasteiger partial charge in [0.05, 0.1) is 30.6 Å². The van der Waals surface area contributed by atoms with Crippen LogP contribution in [0.25, 0.3) is 22.1 Å². The van der Waals surface area contributed by atoms with Crippen LogP contribution in [0.1, 0.15) is 12.5 Å². The summed E-state index contributed by atoms with van der Waals surface area (Å²) in [6.45, 7) is -1.58. The number of aromatic nitrogens is 6. The van der Waals surface area contributed by atoms with Crippen LogP contribution in [0.3, 0.4) is 0 Å². The summed E-state index contributed by atoms with van der Waals surface area (Å²) in [4.78, 5) is 48.6. The highest BCUT2D eigenvalue weighted by Crippen LogP contribution is 2.53. The predicted molar refractivity (Wildman–Crippen MR) is 159 cm³/mol. The van der Waals surface area contributed by atoms with Gasteiger partial charge in [-0.3, -0.25) is 27.9 Å². The van der Waals surface area contributed by atoms with Crippen LogP contribution in [-0.4, -0.2) is 117 Å². The Labute approximate surface area is 268 Å². The molecule has 3 aliphatic rings. The number of ether oxygens (including phenoxy) is 2. The molecular formula is C24H30N8O14P2. The van der Waals surface area contributed by atoms with Crippen LogP contribution in [-0.2, 0) is 36.7 Å². The van der Waals surface area contributed by atoms with E-state index in [1.165, 1.54) is 33.9 Å². The average Bonchev–Trinajstić information content (AvgIpc) is 3.79. The molecule has 0 spiro atoms. The third kappa shape index (κ3) is 6.05. The molecule has 48 heavy (non-hydrogen) atoms. The largest absolute Gasteiger partial charge is 0.472 e. The van der Waals surface area contributed by atoms with Gasteiger partial charge in [0.1, 0.15) is 54.4 Å². The van der Waals surface area contributed by atoms with Crippen molar-refractivity contribution in [2.75, 3.05) is 37.4 Å². The molecule has 10 atom stereocenters. The van der Waals surface area contributed by atoms with Gasteiger partial charge in [-0.15, -0.1) is 0 Å². The molecule has 9 N–H and O–H groups in total. The molecule has 7 heterocycles. The van der Waals surface area contributed by atoms with E-state index >= 15 is 0 Å². The average molecular weight is 716 g/mol. The summed E-state index contributed by atoms with van der Waals surface area (Å²) in [6.07, 6.45) is -8.33. The highest BCUT2D eigenvalue weighted by molar-refractivity contribution is 7.47. The fourth-order valence-corrected chi connectivity index (χ4v) is 7.76. The maximum atomic E-state index is 13.3. The van der Waals surface area contributed by atoms with Crippen LogP contribution in [0.2, 0.25) is 0 Å². The van der Waals surface area contributed by atoms with E-state index in [4.69, 9.17) is 33.3 Å². The zero-order chi connectivity index (χ0) is 34.0. The van der Waals surface area contributed by atoms with Gasteiger partial charge >= 0.3 is 15.6 Å². The second-order valence-electron chi connectivity index (χ2n) is 11.0. The molecule has 0 aliphatic carbocycles. The van der Waals surface area contributed by atoms with Crippen molar-refractivity contribution >= 4 is 49.5 Å². The lowest BCUT2D eigenvalue weighted by Crippen LogP contribution is -2.36. The van der Waals surface area contributed by atoms with Crippen molar-refractivity contribution in [2.45, 2.75) is 49.1 Å². The number of phosphoric acid groups is 2. The first kappa shape index (κ1) is 33.2. The van der Waals surface area contributed by atoms with Crippen LogP contribution < -0.4 is 16.6 Å². The topological polar surface area (TPSA) is 310 Å². The molecule has 4 aromatic heterocycles. The summed E-state index contributed by atoms with van der Waals surface area (Å²) in [7, 11) is -10.2. The van der Waals surface area contributed by atoms with E-state index in [1.54, 1.807) is 6.07 Å². The molecule has 3 aliphatic heterocycles. The number of nitrogens with one attached hydrogen (secondary N) is 2.